The van der Waals surface area contributed by atoms with Gasteiger partial charge in [0.05, 0.1) is 5.54 Å². The molecule has 0 radical (unpaired) electrons. The molecule has 1 amide bonds. The summed E-state index contributed by atoms with van der Waals surface area (Å²) in [4.78, 5) is 12.1. The van der Waals surface area contributed by atoms with E-state index in [4.69, 9.17) is 10.5 Å². The topological polar surface area (TPSA) is 64.3 Å². The monoisotopic (exact) mass is 270 g/mol. The summed E-state index contributed by atoms with van der Waals surface area (Å²) in [6.45, 7) is 6.53. The Morgan fingerprint density at radius 2 is 2.16 bits per heavy atom. The molecule has 1 fully saturated rings. The zero-order chi connectivity index (χ0) is 14.1. The zero-order valence-electron chi connectivity index (χ0n) is 12.5. The number of nitrogens with one attached hydrogen (secondary N) is 1. The highest BCUT2D eigenvalue weighted by Crippen LogP contribution is 2.30. The summed E-state index contributed by atoms with van der Waals surface area (Å²) in [5.74, 6) is 0.578. The van der Waals surface area contributed by atoms with E-state index in [1.165, 1.54) is 6.42 Å². The Labute approximate surface area is 117 Å². The molecule has 2 atom stereocenters. The van der Waals surface area contributed by atoms with E-state index in [1.807, 2.05) is 0 Å². The third kappa shape index (κ3) is 5.91. The van der Waals surface area contributed by atoms with Crippen LogP contribution < -0.4 is 11.1 Å². The van der Waals surface area contributed by atoms with Gasteiger partial charge >= 0.3 is 0 Å². The molecule has 0 aromatic carbocycles. The molecule has 0 aromatic heterocycles. The number of nitrogens with two attached hydrogens (primary N) is 1. The van der Waals surface area contributed by atoms with Crippen molar-refractivity contribution < 1.29 is 9.53 Å². The average molecular weight is 270 g/mol. The molecule has 4 heteroatoms. The van der Waals surface area contributed by atoms with Gasteiger partial charge in [0, 0.05) is 19.8 Å². The van der Waals surface area contributed by atoms with E-state index in [1.54, 1.807) is 0 Å². The van der Waals surface area contributed by atoms with Crippen molar-refractivity contribution in [1.82, 2.24) is 5.32 Å². The van der Waals surface area contributed by atoms with Crippen molar-refractivity contribution in [3.8, 4) is 0 Å². The normalized spacial score (nSPS) is 27.2. The fourth-order valence-corrected chi connectivity index (χ4v) is 2.70. The molecule has 0 saturated heterocycles. The lowest BCUT2D eigenvalue weighted by atomic mass is 9.76. The molecule has 1 rings (SSSR count). The van der Waals surface area contributed by atoms with E-state index in [0.717, 1.165) is 45.1 Å². The third-order valence-electron chi connectivity index (χ3n) is 3.88. The fraction of sp³-hybridized carbons (Fsp3) is 0.933. The summed E-state index contributed by atoms with van der Waals surface area (Å²) in [5.41, 5.74) is 5.59. The Balaban J connectivity index is 2.13. The molecule has 0 spiro atoms. The number of amides is 1. The van der Waals surface area contributed by atoms with Gasteiger partial charge in [-0.3, -0.25) is 4.79 Å². The maximum Gasteiger partial charge on any atom is 0.240 e. The van der Waals surface area contributed by atoms with Gasteiger partial charge in [0.1, 0.15) is 0 Å². The summed E-state index contributed by atoms with van der Waals surface area (Å²) < 4.78 is 5.46. The molecule has 19 heavy (non-hydrogen) atoms. The first kappa shape index (κ1) is 16.4. The van der Waals surface area contributed by atoms with Crippen molar-refractivity contribution in [2.45, 2.75) is 64.3 Å². The van der Waals surface area contributed by atoms with Crippen molar-refractivity contribution in [2.75, 3.05) is 19.8 Å². The maximum absolute atomic E-state index is 12.1. The van der Waals surface area contributed by atoms with Crippen LogP contribution in [0.25, 0.3) is 0 Å². The van der Waals surface area contributed by atoms with Crippen LogP contribution in [0.15, 0.2) is 0 Å². The van der Waals surface area contributed by atoms with E-state index < -0.39 is 5.54 Å². The van der Waals surface area contributed by atoms with Crippen LogP contribution in [-0.4, -0.2) is 31.2 Å². The summed E-state index contributed by atoms with van der Waals surface area (Å²) in [6.07, 6.45) is 7.01. The van der Waals surface area contributed by atoms with Crippen LogP contribution in [0.2, 0.25) is 0 Å². The Morgan fingerprint density at radius 3 is 2.84 bits per heavy atom. The molecule has 0 heterocycles. The third-order valence-corrected chi connectivity index (χ3v) is 3.88. The van der Waals surface area contributed by atoms with Gasteiger partial charge in [-0.2, -0.15) is 0 Å². The van der Waals surface area contributed by atoms with Crippen LogP contribution in [0.4, 0.5) is 0 Å². The molecule has 0 bridgehead atoms. The molecule has 112 valence electrons. The first-order chi connectivity index (χ1) is 9.08. The number of carbonyl (C=O) groups excluding carboxylic acids is 1. The Hall–Kier alpha value is -0.610. The van der Waals surface area contributed by atoms with Crippen LogP contribution in [0.5, 0.6) is 0 Å². The zero-order valence-corrected chi connectivity index (χ0v) is 12.5. The molecule has 0 aliphatic heterocycles. The van der Waals surface area contributed by atoms with Crippen molar-refractivity contribution >= 4 is 5.91 Å². The number of unbranched alkanes of at least 4 members (excludes halogenated alkanes) is 1. The average Bonchev–Trinajstić information content (AvgIpc) is 2.37. The molecular weight excluding hydrogens is 240 g/mol. The predicted octanol–water partition coefficient (Wildman–Crippen LogP) is 2.22. The number of hydrogen-bond acceptors (Lipinski definition) is 3. The highest BCUT2D eigenvalue weighted by Gasteiger charge is 2.37. The van der Waals surface area contributed by atoms with Crippen LogP contribution in [-0.2, 0) is 9.53 Å². The lowest BCUT2D eigenvalue weighted by Gasteiger charge is -2.35. The van der Waals surface area contributed by atoms with Gasteiger partial charge in [0.2, 0.25) is 5.91 Å². The summed E-state index contributed by atoms with van der Waals surface area (Å²) in [6, 6.07) is 0. The molecule has 1 saturated carbocycles. The van der Waals surface area contributed by atoms with Crippen molar-refractivity contribution in [2.24, 2.45) is 11.7 Å². The molecule has 4 nitrogen and oxygen atoms in total. The lowest BCUT2D eigenvalue weighted by molar-refractivity contribution is -0.128. The molecule has 1 aliphatic carbocycles. The van der Waals surface area contributed by atoms with Gasteiger partial charge in [-0.15, -0.1) is 0 Å². The Bertz CT molecular complexity index is 271. The van der Waals surface area contributed by atoms with E-state index in [9.17, 15) is 4.79 Å². The first-order valence-electron chi connectivity index (χ1n) is 7.73. The number of ether oxygens (including phenoxy) is 1. The smallest absolute Gasteiger partial charge is 0.240 e. The second-order valence-corrected chi connectivity index (χ2v) is 5.93. The SMILES string of the molecule is CCCCOCCCNC(=O)C1(N)CCCC(C)C1. The van der Waals surface area contributed by atoms with Gasteiger partial charge in [-0.1, -0.05) is 33.1 Å². The highest BCUT2D eigenvalue weighted by atomic mass is 16.5. The van der Waals surface area contributed by atoms with Crippen LogP contribution in [0.1, 0.15) is 58.8 Å². The maximum atomic E-state index is 12.1. The molecule has 1 aliphatic rings. The number of hydrogen-bond donors (Lipinski definition) is 2. The van der Waals surface area contributed by atoms with E-state index in [-0.39, 0.29) is 5.91 Å². The highest BCUT2D eigenvalue weighted by molar-refractivity contribution is 5.86. The molecule has 3 N–H and O–H groups in total. The van der Waals surface area contributed by atoms with Gasteiger partial charge in [0.15, 0.2) is 0 Å². The second-order valence-electron chi connectivity index (χ2n) is 5.93. The lowest BCUT2D eigenvalue weighted by Crippen LogP contribution is -2.56. The summed E-state index contributed by atoms with van der Waals surface area (Å²) in [7, 11) is 0. The quantitative estimate of drug-likeness (QED) is 0.665. The molecule has 2 unspecified atom stereocenters. The van der Waals surface area contributed by atoms with Crippen molar-refractivity contribution in [3.63, 3.8) is 0 Å². The van der Waals surface area contributed by atoms with Crippen molar-refractivity contribution in [1.29, 1.82) is 0 Å². The molecular formula is C15H30N2O2. The Kier molecular flexibility index (Phi) is 7.39. The van der Waals surface area contributed by atoms with Gasteiger partial charge < -0.3 is 15.8 Å². The second kappa shape index (κ2) is 8.54. The first-order valence-corrected chi connectivity index (χ1v) is 7.73. The molecule has 0 aromatic rings. The fourth-order valence-electron chi connectivity index (χ4n) is 2.70. The van der Waals surface area contributed by atoms with Crippen LogP contribution >= 0.6 is 0 Å². The minimum Gasteiger partial charge on any atom is -0.381 e. The minimum atomic E-state index is -0.638. The number of rotatable bonds is 8. The number of carbonyl (C=O) groups is 1. The van der Waals surface area contributed by atoms with Gasteiger partial charge in [0.25, 0.3) is 0 Å². The van der Waals surface area contributed by atoms with Gasteiger partial charge in [-0.25, -0.2) is 0 Å². The van der Waals surface area contributed by atoms with Crippen molar-refractivity contribution in [3.05, 3.63) is 0 Å². The van der Waals surface area contributed by atoms with Gasteiger partial charge in [-0.05, 0) is 31.6 Å². The van der Waals surface area contributed by atoms with E-state index in [2.05, 4.69) is 19.2 Å². The van der Waals surface area contributed by atoms with Crippen LogP contribution in [0.3, 0.4) is 0 Å². The standard InChI is InChI=1S/C15H30N2O2/c1-3-4-10-19-11-6-9-17-14(18)15(16)8-5-7-13(2)12-15/h13H,3-12,16H2,1-2H3,(H,17,18). The van der Waals surface area contributed by atoms with E-state index >= 15 is 0 Å². The summed E-state index contributed by atoms with van der Waals surface area (Å²) in [5, 5.41) is 2.96. The van der Waals surface area contributed by atoms with Crippen LogP contribution in [0, 0.1) is 5.92 Å². The Morgan fingerprint density at radius 1 is 1.42 bits per heavy atom. The largest absolute Gasteiger partial charge is 0.381 e. The van der Waals surface area contributed by atoms with E-state index in [0.29, 0.717) is 19.1 Å². The summed E-state index contributed by atoms with van der Waals surface area (Å²) >= 11 is 0. The minimum absolute atomic E-state index is 0.0209. The predicted molar refractivity (Wildman–Crippen MR) is 77.9 cm³/mol.